The summed E-state index contributed by atoms with van der Waals surface area (Å²) in [7, 11) is 0. The van der Waals surface area contributed by atoms with E-state index < -0.39 is 0 Å². The smallest absolute Gasteiger partial charge is 0.0900 e. The van der Waals surface area contributed by atoms with E-state index in [1.807, 2.05) is 0 Å². The number of aryl methyl sites for hydroxylation is 1. The van der Waals surface area contributed by atoms with Crippen molar-refractivity contribution in [2.45, 2.75) is 46.1 Å². The lowest BCUT2D eigenvalue weighted by atomic mass is 9.92. The number of hydrogen-bond acceptors (Lipinski definition) is 1. The maximum atomic E-state index is 5.97. The Kier molecular flexibility index (Phi) is 4.34. The summed E-state index contributed by atoms with van der Waals surface area (Å²) in [6, 6.07) is 8.61. The predicted octanol–water partition coefficient (Wildman–Crippen LogP) is 4.05. The molecule has 0 spiro atoms. The van der Waals surface area contributed by atoms with Gasteiger partial charge in [0, 0.05) is 6.61 Å². The summed E-state index contributed by atoms with van der Waals surface area (Å²) in [5.74, 6) is 0. The van der Waals surface area contributed by atoms with Crippen LogP contribution in [0, 0.1) is 6.92 Å². The lowest BCUT2D eigenvalue weighted by Gasteiger charge is -2.29. The fourth-order valence-electron chi connectivity index (χ4n) is 1.69. The zero-order chi connectivity index (χ0) is 11.3. The van der Waals surface area contributed by atoms with Crippen molar-refractivity contribution in [1.82, 2.24) is 0 Å². The Bertz CT molecular complexity index is 306. The first-order valence-corrected chi connectivity index (χ1v) is 5.83. The monoisotopic (exact) mass is 206 g/mol. The second kappa shape index (κ2) is 5.32. The predicted molar refractivity (Wildman–Crippen MR) is 65.1 cm³/mol. The zero-order valence-electron chi connectivity index (χ0n) is 10.3. The van der Waals surface area contributed by atoms with Gasteiger partial charge < -0.3 is 4.74 Å². The minimum Gasteiger partial charge on any atom is -0.371 e. The fraction of sp³-hybridized carbons (Fsp3) is 0.571. The van der Waals surface area contributed by atoms with Crippen LogP contribution in [0.25, 0.3) is 0 Å². The molecule has 0 saturated heterocycles. The van der Waals surface area contributed by atoms with E-state index in [2.05, 4.69) is 52.0 Å². The molecule has 1 nitrogen and oxygen atoms in total. The first-order chi connectivity index (χ1) is 7.12. The van der Waals surface area contributed by atoms with Crippen LogP contribution in [0.3, 0.4) is 0 Å². The fourth-order valence-corrected chi connectivity index (χ4v) is 1.69. The molecule has 0 saturated carbocycles. The number of hydrogen-bond donors (Lipinski definition) is 0. The standard InChI is InChI=1S/C14H22O/c1-5-10-15-14(4,6-2)13-9-7-8-12(3)11-13/h7-9,11H,5-6,10H2,1-4H3. The molecule has 0 aliphatic carbocycles. The van der Waals surface area contributed by atoms with Crippen molar-refractivity contribution < 1.29 is 4.74 Å². The van der Waals surface area contributed by atoms with Gasteiger partial charge in [-0.2, -0.15) is 0 Å². The molecule has 0 N–H and O–H groups in total. The third-order valence-corrected chi connectivity index (χ3v) is 2.93. The van der Waals surface area contributed by atoms with Crippen molar-refractivity contribution in [3.8, 4) is 0 Å². The van der Waals surface area contributed by atoms with Gasteiger partial charge in [0.15, 0.2) is 0 Å². The van der Waals surface area contributed by atoms with E-state index >= 15 is 0 Å². The van der Waals surface area contributed by atoms with E-state index in [9.17, 15) is 0 Å². The van der Waals surface area contributed by atoms with Crippen LogP contribution in [0.15, 0.2) is 24.3 Å². The van der Waals surface area contributed by atoms with Gasteiger partial charge >= 0.3 is 0 Å². The normalized spacial score (nSPS) is 14.9. The van der Waals surface area contributed by atoms with Gasteiger partial charge in [0.25, 0.3) is 0 Å². The van der Waals surface area contributed by atoms with Crippen LogP contribution in [0.5, 0.6) is 0 Å². The molecule has 1 unspecified atom stereocenters. The molecule has 0 aromatic heterocycles. The van der Waals surface area contributed by atoms with Crippen LogP contribution in [0.1, 0.15) is 44.7 Å². The van der Waals surface area contributed by atoms with Crippen molar-refractivity contribution in [3.63, 3.8) is 0 Å². The summed E-state index contributed by atoms with van der Waals surface area (Å²) in [4.78, 5) is 0. The molecule has 1 aromatic carbocycles. The second-order valence-corrected chi connectivity index (χ2v) is 4.30. The molecule has 1 rings (SSSR count). The highest BCUT2D eigenvalue weighted by Crippen LogP contribution is 2.29. The minimum atomic E-state index is -0.123. The first-order valence-electron chi connectivity index (χ1n) is 5.83. The number of rotatable bonds is 5. The van der Waals surface area contributed by atoms with Gasteiger partial charge in [0.05, 0.1) is 5.60 Å². The van der Waals surface area contributed by atoms with Gasteiger partial charge in [-0.1, -0.05) is 43.7 Å². The highest BCUT2D eigenvalue weighted by molar-refractivity contribution is 5.27. The molecule has 0 amide bonds. The average molecular weight is 206 g/mol. The summed E-state index contributed by atoms with van der Waals surface area (Å²) in [5.41, 5.74) is 2.47. The Morgan fingerprint density at radius 1 is 1.27 bits per heavy atom. The van der Waals surface area contributed by atoms with Gasteiger partial charge in [0.2, 0.25) is 0 Å². The molecule has 0 radical (unpaired) electrons. The lowest BCUT2D eigenvalue weighted by molar-refractivity contribution is -0.0390. The summed E-state index contributed by atoms with van der Waals surface area (Å²) in [6.07, 6.45) is 2.08. The molecule has 1 aromatic rings. The Labute approximate surface area is 93.5 Å². The van der Waals surface area contributed by atoms with Crippen LogP contribution in [0.4, 0.5) is 0 Å². The molecule has 0 fully saturated rings. The Hall–Kier alpha value is -0.820. The Morgan fingerprint density at radius 3 is 2.53 bits per heavy atom. The van der Waals surface area contributed by atoms with E-state index in [-0.39, 0.29) is 5.60 Å². The molecule has 84 valence electrons. The average Bonchev–Trinajstić information content (AvgIpc) is 2.26. The summed E-state index contributed by atoms with van der Waals surface area (Å²) in [6.45, 7) is 9.46. The van der Waals surface area contributed by atoms with Gasteiger partial charge in [0.1, 0.15) is 0 Å². The van der Waals surface area contributed by atoms with Gasteiger partial charge in [-0.15, -0.1) is 0 Å². The summed E-state index contributed by atoms with van der Waals surface area (Å²) >= 11 is 0. The van der Waals surface area contributed by atoms with E-state index in [0.29, 0.717) is 0 Å². The zero-order valence-corrected chi connectivity index (χ0v) is 10.3. The van der Waals surface area contributed by atoms with Crippen molar-refractivity contribution >= 4 is 0 Å². The molecule has 15 heavy (non-hydrogen) atoms. The van der Waals surface area contributed by atoms with E-state index in [4.69, 9.17) is 4.74 Å². The number of benzene rings is 1. The van der Waals surface area contributed by atoms with Crippen LogP contribution >= 0.6 is 0 Å². The van der Waals surface area contributed by atoms with Crippen LogP contribution < -0.4 is 0 Å². The Morgan fingerprint density at radius 2 is 2.00 bits per heavy atom. The SMILES string of the molecule is CCCOC(C)(CC)c1cccc(C)c1. The van der Waals surface area contributed by atoms with E-state index in [1.165, 1.54) is 11.1 Å². The van der Waals surface area contributed by atoms with Crippen molar-refractivity contribution in [2.24, 2.45) is 0 Å². The third kappa shape index (κ3) is 3.07. The summed E-state index contributed by atoms with van der Waals surface area (Å²) in [5, 5.41) is 0. The van der Waals surface area contributed by atoms with Crippen LogP contribution in [0.2, 0.25) is 0 Å². The van der Waals surface area contributed by atoms with Crippen molar-refractivity contribution in [1.29, 1.82) is 0 Å². The molecule has 0 bridgehead atoms. The van der Waals surface area contributed by atoms with Crippen molar-refractivity contribution in [2.75, 3.05) is 6.61 Å². The largest absolute Gasteiger partial charge is 0.371 e. The summed E-state index contributed by atoms with van der Waals surface area (Å²) < 4.78 is 5.97. The lowest BCUT2D eigenvalue weighted by Crippen LogP contribution is -2.25. The molecule has 0 aliphatic heterocycles. The molecular weight excluding hydrogens is 184 g/mol. The molecule has 0 heterocycles. The third-order valence-electron chi connectivity index (χ3n) is 2.93. The van der Waals surface area contributed by atoms with Crippen molar-refractivity contribution in [3.05, 3.63) is 35.4 Å². The maximum Gasteiger partial charge on any atom is 0.0900 e. The minimum absolute atomic E-state index is 0.123. The van der Waals surface area contributed by atoms with Gasteiger partial charge in [-0.3, -0.25) is 0 Å². The molecule has 1 heteroatoms. The highest BCUT2D eigenvalue weighted by Gasteiger charge is 2.24. The topological polar surface area (TPSA) is 9.23 Å². The molecule has 1 atom stereocenters. The Balaban J connectivity index is 2.89. The van der Waals surface area contributed by atoms with Gasteiger partial charge in [-0.05, 0) is 32.3 Å². The first kappa shape index (κ1) is 12.3. The van der Waals surface area contributed by atoms with Gasteiger partial charge in [-0.25, -0.2) is 0 Å². The molecular formula is C14H22O. The van der Waals surface area contributed by atoms with E-state index in [1.54, 1.807) is 0 Å². The van der Waals surface area contributed by atoms with Crippen LogP contribution in [-0.4, -0.2) is 6.61 Å². The van der Waals surface area contributed by atoms with E-state index in [0.717, 1.165) is 19.4 Å². The quantitative estimate of drug-likeness (QED) is 0.706. The van der Waals surface area contributed by atoms with Crippen LogP contribution in [-0.2, 0) is 10.3 Å². The molecule has 0 aliphatic rings. The maximum absolute atomic E-state index is 5.97. The highest BCUT2D eigenvalue weighted by atomic mass is 16.5. The second-order valence-electron chi connectivity index (χ2n) is 4.30. The number of ether oxygens (including phenoxy) is 1.